The maximum Gasteiger partial charge on any atom is 0.221 e. The molecule has 2 rings (SSSR count). The van der Waals surface area contributed by atoms with E-state index in [-0.39, 0.29) is 5.91 Å². The van der Waals surface area contributed by atoms with E-state index in [9.17, 15) is 4.79 Å². The number of rotatable bonds is 1. The third kappa shape index (κ3) is 1.58. The van der Waals surface area contributed by atoms with Crippen LogP contribution >= 0.6 is 0 Å². The van der Waals surface area contributed by atoms with Gasteiger partial charge >= 0.3 is 0 Å². The zero-order valence-corrected chi connectivity index (χ0v) is 10.1. The zero-order valence-electron chi connectivity index (χ0n) is 10.1. The molecule has 84 valence electrons. The summed E-state index contributed by atoms with van der Waals surface area (Å²) in [5.41, 5.74) is 4.58. The Hall–Kier alpha value is -1.77. The number of amides is 1. The molecule has 0 fully saturated rings. The second-order valence-electron chi connectivity index (χ2n) is 4.18. The van der Waals surface area contributed by atoms with E-state index in [1.165, 1.54) is 29.1 Å². The molecule has 0 aliphatic heterocycles. The van der Waals surface area contributed by atoms with Crippen LogP contribution in [0.25, 0.3) is 10.9 Å². The Morgan fingerprint density at radius 3 is 2.62 bits per heavy atom. The maximum atomic E-state index is 11.0. The Morgan fingerprint density at radius 1 is 1.31 bits per heavy atom. The van der Waals surface area contributed by atoms with Crippen LogP contribution in [0.4, 0.5) is 5.69 Å². The van der Waals surface area contributed by atoms with Gasteiger partial charge in [0, 0.05) is 36.3 Å². The second kappa shape index (κ2) is 3.67. The molecule has 0 saturated heterocycles. The Morgan fingerprint density at radius 2 is 2.00 bits per heavy atom. The van der Waals surface area contributed by atoms with Crippen molar-refractivity contribution >= 4 is 22.5 Å². The van der Waals surface area contributed by atoms with E-state index < -0.39 is 0 Å². The lowest BCUT2D eigenvalue weighted by Crippen LogP contribution is -2.05. The van der Waals surface area contributed by atoms with Gasteiger partial charge in [-0.05, 0) is 37.6 Å². The van der Waals surface area contributed by atoms with Crippen LogP contribution in [-0.4, -0.2) is 10.5 Å². The third-order valence-corrected chi connectivity index (χ3v) is 3.13. The number of aryl methyl sites for hydroxylation is 2. The van der Waals surface area contributed by atoms with Gasteiger partial charge in [-0.15, -0.1) is 0 Å². The Balaban J connectivity index is 2.62. The molecule has 0 unspecified atom stereocenters. The smallest absolute Gasteiger partial charge is 0.221 e. The van der Waals surface area contributed by atoms with Crippen molar-refractivity contribution in [2.75, 3.05) is 5.32 Å². The van der Waals surface area contributed by atoms with E-state index in [0.29, 0.717) is 0 Å². The molecule has 3 nitrogen and oxygen atoms in total. The number of carbonyl (C=O) groups excluding carboxylic acids is 1. The van der Waals surface area contributed by atoms with E-state index in [1.807, 2.05) is 18.2 Å². The molecule has 0 radical (unpaired) electrons. The highest BCUT2D eigenvalue weighted by atomic mass is 16.1. The van der Waals surface area contributed by atoms with Gasteiger partial charge in [-0.25, -0.2) is 0 Å². The number of aromatic nitrogens is 1. The van der Waals surface area contributed by atoms with Gasteiger partial charge in [0.15, 0.2) is 0 Å². The van der Waals surface area contributed by atoms with Crippen LogP contribution in [0.3, 0.4) is 0 Å². The molecule has 3 heteroatoms. The number of carbonyl (C=O) groups is 1. The fraction of sp³-hybridized carbons (Fsp3) is 0.308. The molecule has 1 aromatic carbocycles. The van der Waals surface area contributed by atoms with Crippen molar-refractivity contribution in [1.29, 1.82) is 0 Å². The molecule has 0 atom stereocenters. The molecule has 0 aliphatic carbocycles. The van der Waals surface area contributed by atoms with Crippen molar-refractivity contribution in [3.8, 4) is 0 Å². The largest absolute Gasteiger partial charge is 0.348 e. The van der Waals surface area contributed by atoms with Crippen molar-refractivity contribution in [2.24, 2.45) is 7.05 Å². The molecular weight excluding hydrogens is 200 g/mol. The van der Waals surface area contributed by atoms with Crippen LogP contribution in [0.5, 0.6) is 0 Å². The van der Waals surface area contributed by atoms with Gasteiger partial charge < -0.3 is 9.88 Å². The lowest BCUT2D eigenvalue weighted by Gasteiger charge is -2.03. The summed E-state index contributed by atoms with van der Waals surface area (Å²) in [5, 5.41) is 4.00. The number of benzene rings is 1. The van der Waals surface area contributed by atoms with E-state index in [0.717, 1.165) is 5.69 Å². The molecule has 0 bridgehead atoms. The molecule has 0 spiro atoms. The van der Waals surface area contributed by atoms with Gasteiger partial charge in [0.25, 0.3) is 0 Å². The van der Waals surface area contributed by atoms with Gasteiger partial charge in [-0.3, -0.25) is 4.79 Å². The van der Waals surface area contributed by atoms with Crippen LogP contribution in [0.15, 0.2) is 18.2 Å². The Bertz CT molecular complexity index is 567. The molecule has 1 amide bonds. The minimum Gasteiger partial charge on any atom is -0.348 e. The van der Waals surface area contributed by atoms with Crippen molar-refractivity contribution in [3.05, 3.63) is 29.5 Å². The fourth-order valence-corrected chi connectivity index (χ4v) is 2.04. The van der Waals surface area contributed by atoms with Crippen molar-refractivity contribution in [2.45, 2.75) is 20.8 Å². The number of fused-ring (bicyclic) bond motifs is 1. The van der Waals surface area contributed by atoms with E-state index in [4.69, 9.17) is 0 Å². The minimum absolute atomic E-state index is 0.0374. The van der Waals surface area contributed by atoms with Crippen LogP contribution in [0, 0.1) is 13.8 Å². The van der Waals surface area contributed by atoms with Crippen LogP contribution in [0.2, 0.25) is 0 Å². The Kier molecular flexibility index (Phi) is 2.46. The topological polar surface area (TPSA) is 34.0 Å². The first-order valence-electron chi connectivity index (χ1n) is 5.34. The molecule has 16 heavy (non-hydrogen) atoms. The van der Waals surface area contributed by atoms with Crippen LogP contribution < -0.4 is 5.32 Å². The van der Waals surface area contributed by atoms with Crippen LogP contribution in [-0.2, 0) is 11.8 Å². The summed E-state index contributed by atoms with van der Waals surface area (Å²) in [6, 6.07) is 6.00. The second-order valence-corrected chi connectivity index (χ2v) is 4.18. The van der Waals surface area contributed by atoms with Crippen molar-refractivity contribution in [1.82, 2.24) is 4.57 Å². The summed E-state index contributed by atoms with van der Waals surface area (Å²) < 4.78 is 2.17. The van der Waals surface area contributed by atoms with Gasteiger partial charge in [0.2, 0.25) is 5.91 Å². The van der Waals surface area contributed by atoms with E-state index in [1.54, 1.807) is 0 Å². The summed E-state index contributed by atoms with van der Waals surface area (Å²) in [5.74, 6) is -0.0374. The summed E-state index contributed by atoms with van der Waals surface area (Å²) >= 11 is 0. The number of hydrogen-bond acceptors (Lipinski definition) is 1. The summed E-state index contributed by atoms with van der Waals surface area (Å²) in [6.07, 6.45) is 0. The van der Waals surface area contributed by atoms with Crippen LogP contribution in [0.1, 0.15) is 18.2 Å². The summed E-state index contributed by atoms with van der Waals surface area (Å²) in [4.78, 5) is 11.0. The van der Waals surface area contributed by atoms with Gasteiger partial charge in [0.1, 0.15) is 0 Å². The average molecular weight is 216 g/mol. The summed E-state index contributed by atoms with van der Waals surface area (Å²) in [7, 11) is 2.06. The monoisotopic (exact) mass is 216 g/mol. The van der Waals surface area contributed by atoms with Crippen molar-refractivity contribution < 1.29 is 4.79 Å². The number of nitrogens with zero attached hydrogens (tertiary/aromatic N) is 1. The number of anilines is 1. The zero-order chi connectivity index (χ0) is 11.9. The highest BCUT2D eigenvalue weighted by molar-refractivity contribution is 5.94. The average Bonchev–Trinajstić information content (AvgIpc) is 2.43. The predicted octanol–water partition coefficient (Wildman–Crippen LogP) is 2.75. The standard InChI is InChI=1S/C13H16N2O/c1-8-9(2)15(4)13-6-5-11(7-12(8)13)14-10(3)16/h5-7H,1-4H3,(H,14,16). The lowest BCUT2D eigenvalue weighted by molar-refractivity contribution is -0.114. The first-order valence-corrected chi connectivity index (χ1v) is 5.34. The van der Waals surface area contributed by atoms with Crippen molar-refractivity contribution in [3.63, 3.8) is 0 Å². The van der Waals surface area contributed by atoms with Gasteiger partial charge in [0.05, 0.1) is 0 Å². The molecule has 1 heterocycles. The van der Waals surface area contributed by atoms with E-state index in [2.05, 4.69) is 30.8 Å². The summed E-state index contributed by atoms with van der Waals surface area (Å²) in [6.45, 7) is 5.73. The molecule has 1 aromatic heterocycles. The third-order valence-electron chi connectivity index (χ3n) is 3.13. The first-order chi connectivity index (χ1) is 7.50. The van der Waals surface area contributed by atoms with E-state index >= 15 is 0 Å². The SMILES string of the molecule is CC(=O)Nc1ccc2c(c1)c(C)c(C)n2C. The number of hydrogen-bond donors (Lipinski definition) is 1. The Labute approximate surface area is 95.1 Å². The predicted molar refractivity (Wildman–Crippen MR) is 66.7 cm³/mol. The maximum absolute atomic E-state index is 11.0. The van der Waals surface area contributed by atoms with Gasteiger partial charge in [-0.2, -0.15) is 0 Å². The molecule has 0 aliphatic rings. The fourth-order valence-electron chi connectivity index (χ4n) is 2.04. The molecule has 2 aromatic rings. The first kappa shape index (κ1) is 10.7. The molecular formula is C13H16N2O. The number of nitrogens with one attached hydrogen (secondary N) is 1. The highest BCUT2D eigenvalue weighted by Crippen LogP contribution is 2.26. The lowest BCUT2D eigenvalue weighted by atomic mass is 10.1. The molecule has 1 N–H and O–H groups in total. The molecule has 0 saturated carbocycles. The minimum atomic E-state index is -0.0374. The quantitative estimate of drug-likeness (QED) is 0.781. The normalized spacial score (nSPS) is 10.8. The van der Waals surface area contributed by atoms with Gasteiger partial charge in [-0.1, -0.05) is 0 Å². The highest BCUT2D eigenvalue weighted by Gasteiger charge is 2.08.